The second-order valence-corrected chi connectivity index (χ2v) is 8.06. The Balaban J connectivity index is 1.30. The minimum atomic E-state index is -0.610. The number of rotatable bonds is 6. The number of anilines is 1. The molecular formula is C19H28N4O2. The number of hydrogen-bond donors (Lipinski definition) is 2. The van der Waals surface area contributed by atoms with Crippen molar-refractivity contribution in [1.29, 1.82) is 0 Å². The summed E-state index contributed by atoms with van der Waals surface area (Å²) >= 11 is 0. The van der Waals surface area contributed by atoms with Gasteiger partial charge in [0.05, 0.1) is 0 Å². The Hall–Kier alpha value is -1.85. The Morgan fingerprint density at radius 3 is 2.36 bits per heavy atom. The molecule has 3 aliphatic carbocycles. The first-order valence-corrected chi connectivity index (χ1v) is 9.75. The van der Waals surface area contributed by atoms with Gasteiger partial charge in [-0.25, -0.2) is 0 Å². The molecule has 0 atom stereocenters. The molecule has 6 nitrogen and oxygen atoms in total. The van der Waals surface area contributed by atoms with E-state index in [1.54, 1.807) is 0 Å². The third kappa shape index (κ3) is 3.88. The lowest BCUT2D eigenvalue weighted by Crippen LogP contribution is -2.39. The zero-order valence-corrected chi connectivity index (χ0v) is 15.0. The van der Waals surface area contributed by atoms with Crippen LogP contribution in [0, 0.1) is 17.8 Å². The molecule has 136 valence electrons. The summed E-state index contributed by atoms with van der Waals surface area (Å²) in [5, 5.41) is 9.85. The van der Waals surface area contributed by atoms with Crippen molar-refractivity contribution in [3.63, 3.8) is 0 Å². The molecule has 0 radical (unpaired) electrons. The van der Waals surface area contributed by atoms with E-state index in [9.17, 15) is 9.59 Å². The van der Waals surface area contributed by atoms with Crippen molar-refractivity contribution in [2.24, 2.45) is 24.8 Å². The van der Waals surface area contributed by atoms with Crippen LogP contribution in [0.1, 0.15) is 63.0 Å². The molecule has 0 aromatic carbocycles. The summed E-state index contributed by atoms with van der Waals surface area (Å²) in [5.41, 5.74) is 1.15. The van der Waals surface area contributed by atoms with Gasteiger partial charge in [-0.2, -0.15) is 5.10 Å². The molecule has 0 unspecified atom stereocenters. The fourth-order valence-electron chi connectivity index (χ4n) is 4.38. The summed E-state index contributed by atoms with van der Waals surface area (Å²) in [4.78, 5) is 24.3. The first-order valence-electron chi connectivity index (χ1n) is 9.75. The van der Waals surface area contributed by atoms with Gasteiger partial charge in [-0.05, 0) is 56.3 Å². The molecule has 4 rings (SSSR count). The van der Waals surface area contributed by atoms with Crippen molar-refractivity contribution >= 4 is 17.6 Å². The maximum atomic E-state index is 12.2. The number of carbonyl (C=O) groups excluding carboxylic acids is 2. The molecule has 2 amide bonds. The Bertz CT molecular complexity index is 642. The second kappa shape index (κ2) is 6.81. The molecule has 3 saturated carbocycles. The van der Waals surface area contributed by atoms with E-state index < -0.39 is 11.8 Å². The second-order valence-electron chi connectivity index (χ2n) is 8.06. The van der Waals surface area contributed by atoms with Gasteiger partial charge in [-0.15, -0.1) is 0 Å². The van der Waals surface area contributed by atoms with Crippen molar-refractivity contribution in [3.8, 4) is 0 Å². The van der Waals surface area contributed by atoms with Gasteiger partial charge in [0, 0.05) is 31.3 Å². The van der Waals surface area contributed by atoms with E-state index in [4.69, 9.17) is 0 Å². The third-order valence-electron chi connectivity index (χ3n) is 6.09. The molecule has 0 bridgehead atoms. The highest BCUT2D eigenvalue weighted by atomic mass is 16.2. The molecule has 0 aliphatic heterocycles. The van der Waals surface area contributed by atoms with Crippen LogP contribution in [-0.4, -0.2) is 28.1 Å². The molecular weight excluding hydrogens is 316 g/mol. The number of hydrogen-bond acceptors (Lipinski definition) is 3. The third-order valence-corrected chi connectivity index (χ3v) is 6.09. The molecule has 3 aliphatic rings. The molecule has 1 aromatic rings. The summed E-state index contributed by atoms with van der Waals surface area (Å²) in [7, 11) is 1.90. The van der Waals surface area contributed by atoms with E-state index in [0.29, 0.717) is 24.2 Å². The largest absolute Gasteiger partial charge is 0.348 e. The first-order chi connectivity index (χ1) is 12.1. The summed E-state index contributed by atoms with van der Waals surface area (Å²) in [6.07, 6.45) is 9.98. The van der Waals surface area contributed by atoms with Crippen LogP contribution < -0.4 is 10.6 Å². The Labute approximate surface area is 148 Å². The highest BCUT2D eigenvalue weighted by Crippen LogP contribution is 2.48. The number of nitrogens with one attached hydrogen (secondary N) is 2. The molecule has 2 N–H and O–H groups in total. The first kappa shape index (κ1) is 16.6. The van der Waals surface area contributed by atoms with Gasteiger partial charge in [0.2, 0.25) is 0 Å². The van der Waals surface area contributed by atoms with Gasteiger partial charge in [0.25, 0.3) is 0 Å². The molecule has 6 heteroatoms. The van der Waals surface area contributed by atoms with Crippen LogP contribution in [0.3, 0.4) is 0 Å². The van der Waals surface area contributed by atoms with Crippen molar-refractivity contribution in [1.82, 2.24) is 15.1 Å². The van der Waals surface area contributed by atoms with E-state index in [1.165, 1.54) is 51.4 Å². The Kier molecular flexibility index (Phi) is 4.52. The number of amides is 2. The van der Waals surface area contributed by atoms with Crippen molar-refractivity contribution in [3.05, 3.63) is 11.8 Å². The molecule has 0 saturated heterocycles. The van der Waals surface area contributed by atoms with Crippen molar-refractivity contribution in [2.75, 3.05) is 11.9 Å². The van der Waals surface area contributed by atoms with Crippen LogP contribution in [-0.2, 0) is 16.6 Å². The topological polar surface area (TPSA) is 76.0 Å². The maximum Gasteiger partial charge on any atom is 0.314 e. The van der Waals surface area contributed by atoms with E-state index in [0.717, 1.165) is 17.5 Å². The van der Waals surface area contributed by atoms with Crippen LogP contribution >= 0.6 is 0 Å². The number of carbonyl (C=O) groups is 2. The minimum Gasteiger partial charge on any atom is -0.348 e. The Morgan fingerprint density at radius 2 is 1.76 bits per heavy atom. The van der Waals surface area contributed by atoms with Crippen LogP contribution in [0.15, 0.2) is 6.07 Å². The van der Waals surface area contributed by atoms with Gasteiger partial charge < -0.3 is 10.6 Å². The highest BCUT2D eigenvalue weighted by molar-refractivity contribution is 6.39. The predicted octanol–water partition coefficient (Wildman–Crippen LogP) is 2.57. The van der Waals surface area contributed by atoms with Gasteiger partial charge >= 0.3 is 11.8 Å². The summed E-state index contributed by atoms with van der Waals surface area (Å²) in [6.45, 7) is 0.636. The van der Waals surface area contributed by atoms with Crippen LogP contribution in [0.4, 0.5) is 5.82 Å². The molecule has 25 heavy (non-hydrogen) atoms. The molecule has 3 fully saturated rings. The lowest BCUT2D eigenvalue weighted by Gasteiger charge is -2.15. The standard InChI is InChI=1S/C19H28N4O2/c1-23-16(14-4-2-3-5-14)10-17(22-23)21-19(25)18(24)20-11-15(12-6-7-12)13-8-9-13/h10,12-15H,2-9,11H2,1H3,(H,20,24)(H,21,22,25). The van der Waals surface area contributed by atoms with Crippen LogP contribution in [0.5, 0.6) is 0 Å². The lowest BCUT2D eigenvalue weighted by molar-refractivity contribution is -0.136. The number of aromatic nitrogens is 2. The summed E-state index contributed by atoms with van der Waals surface area (Å²) in [6, 6.07) is 1.92. The fraction of sp³-hybridized carbons (Fsp3) is 0.737. The molecule has 1 heterocycles. The average molecular weight is 344 g/mol. The van der Waals surface area contributed by atoms with Gasteiger partial charge in [-0.1, -0.05) is 12.8 Å². The van der Waals surface area contributed by atoms with E-state index in [-0.39, 0.29) is 0 Å². The van der Waals surface area contributed by atoms with Crippen molar-refractivity contribution in [2.45, 2.75) is 57.3 Å². The predicted molar refractivity (Wildman–Crippen MR) is 95.0 cm³/mol. The van der Waals surface area contributed by atoms with Gasteiger partial charge in [0.15, 0.2) is 5.82 Å². The maximum absolute atomic E-state index is 12.2. The quantitative estimate of drug-likeness (QED) is 0.779. The van der Waals surface area contributed by atoms with E-state index in [1.807, 2.05) is 17.8 Å². The number of nitrogens with zero attached hydrogens (tertiary/aromatic N) is 2. The Morgan fingerprint density at radius 1 is 1.12 bits per heavy atom. The van der Waals surface area contributed by atoms with Crippen molar-refractivity contribution < 1.29 is 9.59 Å². The molecule has 0 spiro atoms. The fourth-order valence-corrected chi connectivity index (χ4v) is 4.38. The normalized spacial score (nSPS) is 20.9. The van der Waals surface area contributed by atoms with Crippen LogP contribution in [0.2, 0.25) is 0 Å². The number of aryl methyl sites for hydroxylation is 1. The average Bonchev–Trinajstić information content (AvgIpc) is 3.51. The molecule has 1 aromatic heterocycles. The zero-order valence-electron chi connectivity index (χ0n) is 15.0. The van der Waals surface area contributed by atoms with Crippen LogP contribution in [0.25, 0.3) is 0 Å². The van der Waals surface area contributed by atoms with Gasteiger partial charge in [0.1, 0.15) is 0 Å². The smallest absolute Gasteiger partial charge is 0.314 e. The monoisotopic (exact) mass is 344 g/mol. The van der Waals surface area contributed by atoms with E-state index >= 15 is 0 Å². The highest BCUT2D eigenvalue weighted by Gasteiger charge is 2.41. The zero-order chi connectivity index (χ0) is 17.4. The summed E-state index contributed by atoms with van der Waals surface area (Å²) in [5.74, 6) is 1.95. The SMILES string of the molecule is Cn1nc(NC(=O)C(=O)NCC(C2CC2)C2CC2)cc1C1CCCC1. The van der Waals surface area contributed by atoms with Gasteiger partial charge in [-0.3, -0.25) is 14.3 Å². The minimum absolute atomic E-state index is 0.477. The van der Waals surface area contributed by atoms with E-state index in [2.05, 4.69) is 15.7 Å². The lowest BCUT2D eigenvalue weighted by atomic mass is 9.98. The summed E-state index contributed by atoms with van der Waals surface area (Å²) < 4.78 is 1.83.